The Hall–Kier alpha value is -2.52. The third-order valence-corrected chi connectivity index (χ3v) is 7.41. The minimum atomic E-state index is -4.02. The van der Waals surface area contributed by atoms with Crippen LogP contribution in [0.3, 0.4) is 0 Å². The average Bonchev–Trinajstić information content (AvgIpc) is 2.83. The van der Waals surface area contributed by atoms with Gasteiger partial charge in [0.05, 0.1) is 4.90 Å². The zero-order chi connectivity index (χ0) is 26.3. The lowest BCUT2D eigenvalue weighted by Gasteiger charge is -2.36. The summed E-state index contributed by atoms with van der Waals surface area (Å²) in [6, 6.07) is 22.5. The molecule has 1 unspecified atom stereocenters. The lowest BCUT2D eigenvalue weighted by atomic mass is 9.91. The molecule has 1 amide bonds. The van der Waals surface area contributed by atoms with E-state index in [1.807, 2.05) is 30.0 Å². The van der Waals surface area contributed by atoms with Crippen LogP contribution in [0.1, 0.15) is 23.1 Å². The topological polar surface area (TPSA) is 77.9 Å². The first-order valence-electron chi connectivity index (χ1n) is 11.8. The summed E-state index contributed by atoms with van der Waals surface area (Å²) < 4.78 is 30.6. The van der Waals surface area contributed by atoms with Crippen molar-refractivity contribution in [3.63, 3.8) is 0 Å². The van der Waals surface area contributed by atoms with Crippen LogP contribution in [0.15, 0.2) is 82.2 Å². The minimum absolute atomic E-state index is 0.0666. The third kappa shape index (κ3) is 8.27. The van der Waals surface area contributed by atoms with Crippen molar-refractivity contribution in [3.05, 3.63) is 94.0 Å². The number of carbonyl (C=O) groups is 1. The second kappa shape index (κ2) is 12.6. The first kappa shape index (κ1) is 28.1. The van der Waals surface area contributed by atoms with E-state index in [-0.39, 0.29) is 10.8 Å². The maximum atomic E-state index is 12.9. The van der Waals surface area contributed by atoms with Gasteiger partial charge in [0.25, 0.3) is 10.1 Å². The van der Waals surface area contributed by atoms with E-state index in [9.17, 15) is 13.2 Å². The molecule has 1 N–H and O–H groups in total. The molecule has 0 aromatic heterocycles. The molecule has 1 heterocycles. The van der Waals surface area contributed by atoms with Gasteiger partial charge < -0.3 is 9.80 Å². The highest BCUT2D eigenvalue weighted by Gasteiger charge is 2.28. The maximum Gasteiger partial charge on any atom is 0.294 e. The first-order valence-corrected chi connectivity index (χ1v) is 14.1. The number of rotatable bonds is 6. The van der Waals surface area contributed by atoms with Crippen LogP contribution in [0.5, 0.6) is 0 Å². The number of hydrogen-bond acceptors (Lipinski definition) is 4. The van der Waals surface area contributed by atoms with E-state index in [4.69, 9.17) is 4.55 Å². The van der Waals surface area contributed by atoms with Crippen LogP contribution < -0.4 is 4.90 Å². The molecule has 0 fully saturated rings. The van der Waals surface area contributed by atoms with Crippen molar-refractivity contribution in [2.45, 2.75) is 31.1 Å². The first-order chi connectivity index (χ1) is 17.0. The quantitative estimate of drug-likeness (QED) is 0.400. The molecule has 192 valence electrons. The number of para-hydroxylation sites is 1. The molecule has 36 heavy (non-hydrogen) atoms. The molecule has 1 aliphatic rings. The van der Waals surface area contributed by atoms with Crippen molar-refractivity contribution in [2.75, 3.05) is 32.1 Å². The van der Waals surface area contributed by atoms with E-state index in [2.05, 4.69) is 65.3 Å². The van der Waals surface area contributed by atoms with Crippen LogP contribution in [-0.4, -0.2) is 51.0 Å². The lowest BCUT2D eigenvalue weighted by Crippen LogP contribution is -2.43. The molecular formula is C28H33BrN2O4S. The molecule has 0 saturated carbocycles. The normalized spacial score (nSPS) is 15.2. The second-order valence-corrected chi connectivity index (χ2v) is 11.7. The second-order valence-electron chi connectivity index (χ2n) is 9.38. The maximum absolute atomic E-state index is 12.9. The molecule has 1 aliphatic heterocycles. The van der Waals surface area contributed by atoms with E-state index >= 15 is 0 Å². The Bertz CT molecular complexity index is 1260. The molecule has 0 bridgehead atoms. The molecule has 8 heteroatoms. The van der Waals surface area contributed by atoms with Gasteiger partial charge in [-0.1, -0.05) is 64.0 Å². The lowest BCUT2D eigenvalue weighted by molar-refractivity contribution is -0.118. The van der Waals surface area contributed by atoms with Gasteiger partial charge in [-0.15, -0.1) is 0 Å². The number of nitrogens with zero attached hydrogens (tertiary/aromatic N) is 2. The molecule has 0 spiro atoms. The number of amides is 1. The number of hydrogen-bond donors (Lipinski definition) is 1. The predicted octanol–water partition coefficient (Wildman–Crippen LogP) is 5.39. The molecule has 4 rings (SSSR count). The summed E-state index contributed by atoms with van der Waals surface area (Å²) in [5.41, 5.74) is 4.54. The molecule has 0 radical (unpaired) electrons. The summed E-state index contributed by atoms with van der Waals surface area (Å²) in [4.78, 5) is 17.1. The summed E-state index contributed by atoms with van der Waals surface area (Å²) in [6.45, 7) is 3.66. The summed E-state index contributed by atoms with van der Waals surface area (Å²) in [5.74, 6) is 0.709. The average molecular weight is 574 g/mol. The Morgan fingerprint density at radius 3 is 2.28 bits per heavy atom. The molecule has 3 aromatic carbocycles. The van der Waals surface area contributed by atoms with Crippen LogP contribution in [0.25, 0.3) is 0 Å². The molecule has 1 atom stereocenters. The largest absolute Gasteiger partial charge is 0.312 e. The van der Waals surface area contributed by atoms with E-state index in [1.54, 1.807) is 12.1 Å². The smallest absolute Gasteiger partial charge is 0.294 e. The number of anilines is 1. The van der Waals surface area contributed by atoms with Gasteiger partial charge in [0.2, 0.25) is 5.91 Å². The highest BCUT2D eigenvalue weighted by molar-refractivity contribution is 9.10. The number of benzene rings is 3. The van der Waals surface area contributed by atoms with E-state index < -0.39 is 10.1 Å². The predicted molar refractivity (Wildman–Crippen MR) is 148 cm³/mol. The van der Waals surface area contributed by atoms with Gasteiger partial charge in [0, 0.05) is 29.7 Å². The zero-order valence-electron chi connectivity index (χ0n) is 20.9. The van der Waals surface area contributed by atoms with Gasteiger partial charge in [-0.25, -0.2) is 0 Å². The standard InChI is InChI=1S/C21H25BrN2O.C7H8O3S/c1-23(2)14-17-13-18-5-3-4-6-20(18)24(15-17)21(25)12-9-16-7-10-19(22)11-8-16;1-6-2-4-7(5-3-6)11(8,9)10/h3-8,10-11,17H,9,12-15H2,1-2H3;2-5H,1H3,(H,8,9,10). The van der Waals surface area contributed by atoms with E-state index in [1.165, 1.54) is 23.3 Å². The number of aryl methyl sites for hydroxylation is 2. The molecule has 3 aromatic rings. The zero-order valence-corrected chi connectivity index (χ0v) is 23.3. The Morgan fingerprint density at radius 1 is 1.03 bits per heavy atom. The Morgan fingerprint density at radius 2 is 1.67 bits per heavy atom. The molecule has 0 aliphatic carbocycles. The summed E-state index contributed by atoms with van der Waals surface area (Å²) in [5, 5.41) is 0. The van der Waals surface area contributed by atoms with Crippen LogP contribution in [0.2, 0.25) is 0 Å². The number of halogens is 1. The van der Waals surface area contributed by atoms with Crippen molar-refractivity contribution in [2.24, 2.45) is 5.92 Å². The highest BCUT2D eigenvalue weighted by atomic mass is 79.9. The highest BCUT2D eigenvalue weighted by Crippen LogP contribution is 2.30. The number of carbonyl (C=O) groups excluding carboxylic acids is 1. The van der Waals surface area contributed by atoms with Gasteiger partial charge in [-0.2, -0.15) is 8.42 Å². The van der Waals surface area contributed by atoms with Gasteiger partial charge in [-0.05, 0) is 81.2 Å². The van der Waals surface area contributed by atoms with Gasteiger partial charge in [0.15, 0.2) is 0 Å². The van der Waals surface area contributed by atoms with Gasteiger partial charge in [-0.3, -0.25) is 9.35 Å². The fourth-order valence-corrected chi connectivity index (χ4v) is 5.05. The van der Waals surface area contributed by atoms with Crippen LogP contribution in [0, 0.1) is 12.8 Å². The van der Waals surface area contributed by atoms with E-state index in [0.717, 1.165) is 41.7 Å². The van der Waals surface area contributed by atoms with Crippen molar-refractivity contribution in [1.29, 1.82) is 0 Å². The SMILES string of the molecule is CN(C)CC1Cc2ccccc2N(C(=O)CCc2ccc(Br)cc2)C1.Cc1ccc(S(=O)(=O)O)cc1. The van der Waals surface area contributed by atoms with Gasteiger partial charge >= 0.3 is 0 Å². The minimum Gasteiger partial charge on any atom is -0.312 e. The Balaban J connectivity index is 0.000000275. The molecule has 0 saturated heterocycles. The molecular weight excluding hydrogens is 540 g/mol. The third-order valence-electron chi connectivity index (χ3n) is 6.02. The van der Waals surface area contributed by atoms with Crippen molar-refractivity contribution in [3.8, 4) is 0 Å². The molecule has 6 nitrogen and oxygen atoms in total. The summed E-state index contributed by atoms with van der Waals surface area (Å²) >= 11 is 3.45. The van der Waals surface area contributed by atoms with Crippen molar-refractivity contribution in [1.82, 2.24) is 4.90 Å². The fraction of sp³-hybridized carbons (Fsp3) is 0.321. The van der Waals surface area contributed by atoms with Gasteiger partial charge in [0.1, 0.15) is 0 Å². The Labute approximate surface area is 222 Å². The van der Waals surface area contributed by atoms with Crippen LogP contribution in [-0.2, 0) is 27.8 Å². The van der Waals surface area contributed by atoms with E-state index in [0.29, 0.717) is 12.3 Å². The fourth-order valence-electron chi connectivity index (χ4n) is 4.30. The Kier molecular flexibility index (Phi) is 9.84. The van der Waals surface area contributed by atoms with Crippen molar-refractivity contribution >= 4 is 37.6 Å². The summed E-state index contributed by atoms with van der Waals surface area (Å²) in [6.07, 6.45) is 2.37. The van der Waals surface area contributed by atoms with Crippen molar-refractivity contribution < 1.29 is 17.8 Å². The monoisotopic (exact) mass is 572 g/mol. The van der Waals surface area contributed by atoms with Crippen LogP contribution >= 0.6 is 15.9 Å². The number of fused-ring (bicyclic) bond motifs is 1. The van der Waals surface area contributed by atoms with Crippen LogP contribution in [0.4, 0.5) is 5.69 Å². The summed E-state index contributed by atoms with van der Waals surface area (Å²) in [7, 11) is 0.175.